The van der Waals surface area contributed by atoms with E-state index in [-0.39, 0.29) is 4.90 Å². The Morgan fingerprint density at radius 2 is 2.00 bits per heavy atom. The van der Waals surface area contributed by atoms with Gasteiger partial charge in [-0.05, 0) is 19.1 Å². The Labute approximate surface area is 116 Å². The summed E-state index contributed by atoms with van der Waals surface area (Å²) in [6.07, 6.45) is 0. The molecule has 0 aliphatic carbocycles. The second-order valence-electron chi connectivity index (χ2n) is 4.34. The molecule has 0 saturated heterocycles. The van der Waals surface area contributed by atoms with Crippen LogP contribution in [0.15, 0.2) is 35.2 Å². The van der Waals surface area contributed by atoms with Gasteiger partial charge in [0.2, 0.25) is 0 Å². The van der Waals surface area contributed by atoms with Crippen molar-refractivity contribution in [2.24, 2.45) is 0 Å². The van der Waals surface area contributed by atoms with Crippen LogP contribution < -0.4 is 4.90 Å². The highest BCUT2D eigenvalue weighted by Gasteiger charge is 2.28. The molecule has 4 nitrogen and oxygen atoms in total. The molecule has 1 aliphatic heterocycles. The van der Waals surface area contributed by atoms with Crippen LogP contribution in [-0.4, -0.2) is 24.5 Å². The monoisotopic (exact) mass is 293 g/mol. The van der Waals surface area contributed by atoms with E-state index in [4.69, 9.17) is 12.2 Å². The predicted molar refractivity (Wildman–Crippen MR) is 78.5 cm³/mol. The first-order chi connectivity index (χ1) is 8.95. The maximum absolute atomic E-state index is 11.4. The molecule has 2 aromatic rings. The van der Waals surface area contributed by atoms with Crippen molar-refractivity contribution in [2.45, 2.75) is 11.8 Å². The molecule has 3 rings (SSSR count). The molecule has 1 aliphatic rings. The zero-order valence-corrected chi connectivity index (χ0v) is 11.8. The average molecular weight is 293 g/mol. The van der Waals surface area contributed by atoms with E-state index in [0.717, 1.165) is 16.6 Å². The quantitative estimate of drug-likeness (QED) is 0.681. The minimum atomic E-state index is -4.24. The molecule has 0 radical (unpaired) electrons. The zero-order valence-electron chi connectivity index (χ0n) is 10.1. The first-order valence-corrected chi connectivity index (χ1v) is 7.65. The smallest absolute Gasteiger partial charge is 0.295 e. The van der Waals surface area contributed by atoms with E-state index < -0.39 is 10.1 Å². The van der Waals surface area contributed by atoms with Gasteiger partial charge in [0.15, 0.2) is 0 Å². The molecular formula is C13H11NO3S2. The van der Waals surface area contributed by atoms with Gasteiger partial charge in [0, 0.05) is 22.9 Å². The minimum Gasteiger partial charge on any atom is -0.332 e. The van der Waals surface area contributed by atoms with Crippen LogP contribution in [0.25, 0.3) is 10.8 Å². The molecule has 0 bridgehead atoms. The molecule has 2 aromatic carbocycles. The maximum atomic E-state index is 11.4. The van der Waals surface area contributed by atoms with E-state index in [1.807, 2.05) is 17.9 Å². The number of hydrogen-bond donors (Lipinski definition) is 1. The normalized spacial score (nSPS) is 14.4. The first kappa shape index (κ1) is 12.5. The van der Waals surface area contributed by atoms with Crippen LogP contribution in [-0.2, 0) is 10.1 Å². The lowest BCUT2D eigenvalue weighted by Gasteiger charge is -2.17. The molecule has 1 N–H and O–H groups in total. The lowest BCUT2D eigenvalue weighted by Crippen LogP contribution is -2.24. The summed E-state index contributed by atoms with van der Waals surface area (Å²) in [6, 6.07) is 8.43. The van der Waals surface area contributed by atoms with Crippen molar-refractivity contribution in [3.05, 3.63) is 35.9 Å². The Morgan fingerprint density at radius 1 is 1.26 bits per heavy atom. The van der Waals surface area contributed by atoms with Gasteiger partial charge in [-0.1, -0.05) is 30.4 Å². The summed E-state index contributed by atoms with van der Waals surface area (Å²) in [4.78, 5) is 2.57. The van der Waals surface area contributed by atoms with Crippen molar-refractivity contribution >= 4 is 43.8 Å². The lowest BCUT2D eigenvalue weighted by atomic mass is 10.1. The summed E-state index contributed by atoms with van der Waals surface area (Å²) in [5.74, 6) is 0. The molecule has 0 atom stereocenters. The second-order valence-corrected chi connectivity index (χ2v) is 6.11. The predicted octanol–water partition coefficient (Wildman–Crippen LogP) is 2.60. The third kappa shape index (κ3) is 1.68. The van der Waals surface area contributed by atoms with Crippen LogP contribution in [0.4, 0.5) is 5.69 Å². The molecule has 0 amide bonds. The van der Waals surface area contributed by atoms with E-state index in [1.165, 1.54) is 6.07 Å². The number of nitrogens with zero attached hydrogens (tertiary/aromatic N) is 1. The van der Waals surface area contributed by atoms with Gasteiger partial charge in [-0.3, -0.25) is 4.55 Å². The van der Waals surface area contributed by atoms with Gasteiger partial charge >= 0.3 is 0 Å². The van der Waals surface area contributed by atoms with Gasteiger partial charge in [0.05, 0.1) is 5.69 Å². The average Bonchev–Trinajstić information content (AvgIpc) is 2.63. The number of hydrogen-bond acceptors (Lipinski definition) is 3. The van der Waals surface area contributed by atoms with Crippen LogP contribution in [0, 0.1) is 0 Å². The number of benzene rings is 2. The first-order valence-electron chi connectivity index (χ1n) is 5.80. The second kappa shape index (κ2) is 4.00. The molecule has 0 unspecified atom stereocenters. The van der Waals surface area contributed by atoms with E-state index in [2.05, 4.69) is 0 Å². The zero-order chi connectivity index (χ0) is 13.8. The fourth-order valence-corrected chi connectivity index (χ4v) is 3.64. The molecule has 0 aromatic heterocycles. The summed E-state index contributed by atoms with van der Waals surface area (Å²) in [5.41, 5.74) is 1.74. The van der Waals surface area contributed by atoms with E-state index in [1.54, 1.807) is 18.2 Å². The van der Waals surface area contributed by atoms with Crippen LogP contribution in [0.3, 0.4) is 0 Å². The molecular weight excluding hydrogens is 282 g/mol. The van der Waals surface area contributed by atoms with Crippen molar-refractivity contribution < 1.29 is 13.0 Å². The molecule has 19 heavy (non-hydrogen) atoms. The molecule has 0 fully saturated rings. The highest BCUT2D eigenvalue weighted by Crippen LogP contribution is 2.40. The van der Waals surface area contributed by atoms with Crippen molar-refractivity contribution in [1.29, 1.82) is 0 Å². The number of anilines is 1. The summed E-state index contributed by atoms with van der Waals surface area (Å²) >= 11 is 5.41. The lowest BCUT2D eigenvalue weighted by molar-refractivity contribution is 0.484. The topological polar surface area (TPSA) is 57.6 Å². The Morgan fingerprint density at radius 3 is 2.63 bits per heavy atom. The Kier molecular flexibility index (Phi) is 2.63. The fourth-order valence-electron chi connectivity index (χ4n) is 2.56. The standard InChI is InChI=1S/C13H11NO3S2/c1-2-14-10-6-7-11(19(15,16)17)8-4-3-5-9(12(8)10)13(14)18/h3-7H,2H2,1H3,(H,15,16,17). The number of rotatable bonds is 2. The van der Waals surface area contributed by atoms with Gasteiger partial charge in [0.25, 0.3) is 10.1 Å². The molecule has 0 saturated carbocycles. The van der Waals surface area contributed by atoms with Crippen LogP contribution >= 0.6 is 12.2 Å². The Hall–Kier alpha value is -1.50. The van der Waals surface area contributed by atoms with E-state index in [0.29, 0.717) is 16.9 Å². The van der Waals surface area contributed by atoms with Crippen molar-refractivity contribution in [3.63, 3.8) is 0 Å². The summed E-state index contributed by atoms with van der Waals surface area (Å²) in [7, 11) is -4.24. The third-order valence-corrected chi connectivity index (χ3v) is 4.69. The molecule has 1 heterocycles. The van der Waals surface area contributed by atoms with Gasteiger partial charge in [-0.15, -0.1) is 0 Å². The number of thiocarbonyl (C=S) groups is 1. The largest absolute Gasteiger partial charge is 0.332 e. The summed E-state index contributed by atoms with van der Waals surface area (Å²) < 4.78 is 32.2. The Bertz CT molecular complexity index is 812. The maximum Gasteiger partial charge on any atom is 0.295 e. The highest BCUT2D eigenvalue weighted by atomic mass is 32.2. The van der Waals surface area contributed by atoms with Gasteiger partial charge in [-0.25, -0.2) is 0 Å². The van der Waals surface area contributed by atoms with Crippen molar-refractivity contribution in [1.82, 2.24) is 0 Å². The summed E-state index contributed by atoms with van der Waals surface area (Å²) in [6.45, 7) is 2.70. The molecule has 6 heteroatoms. The van der Waals surface area contributed by atoms with E-state index >= 15 is 0 Å². The van der Waals surface area contributed by atoms with E-state index in [9.17, 15) is 13.0 Å². The highest BCUT2D eigenvalue weighted by molar-refractivity contribution is 7.86. The molecule has 98 valence electrons. The minimum absolute atomic E-state index is 0.0751. The van der Waals surface area contributed by atoms with Gasteiger partial charge in [-0.2, -0.15) is 8.42 Å². The van der Waals surface area contributed by atoms with Crippen molar-refractivity contribution in [2.75, 3.05) is 11.4 Å². The Balaban J connectivity index is 2.48. The van der Waals surface area contributed by atoms with Crippen molar-refractivity contribution in [3.8, 4) is 0 Å². The van der Waals surface area contributed by atoms with Gasteiger partial charge in [0.1, 0.15) is 9.88 Å². The fraction of sp³-hybridized carbons (Fsp3) is 0.154. The molecule has 0 spiro atoms. The summed E-state index contributed by atoms with van der Waals surface area (Å²) in [5, 5.41) is 1.31. The van der Waals surface area contributed by atoms with Crippen LogP contribution in [0.2, 0.25) is 0 Å². The van der Waals surface area contributed by atoms with Gasteiger partial charge < -0.3 is 4.90 Å². The van der Waals surface area contributed by atoms with Crippen LogP contribution in [0.5, 0.6) is 0 Å². The van der Waals surface area contributed by atoms with Crippen LogP contribution in [0.1, 0.15) is 12.5 Å². The SMILES string of the molecule is CCN1C(=S)c2cccc3c(S(=O)(=O)O)ccc1c23. The third-order valence-electron chi connectivity index (χ3n) is 3.34.